The number of halogens is 2. The van der Waals surface area contributed by atoms with E-state index in [1.165, 1.54) is 37.4 Å². The number of pyridine rings is 1. The number of rotatable bonds is 10. The number of aromatic nitrogens is 1. The van der Waals surface area contributed by atoms with Gasteiger partial charge in [-0.05, 0) is 86.6 Å². The fourth-order valence-electron chi connectivity index (χ4n) is 7.88. The lowest BCUT2D eigenvalue weighted by molar-refractivity contribution is -0.0954. The van der Waals surface area contributed by atoms with Gasteiger partial charge in [-0.1, -0.05) is 109 Å². The summed E-state index contributed by atoms with van der Waals surface area (Å²) in [6.07, 6.45) is 1.21. The molecular weight excluding hydrogens is 743 g/mol. The number of ether oxygens (including phenoxy) is 2. The summed E-state index contributed by atoms with van der Waals surface area (Å²) < 4.78 is 12.9. The van der Waals surface area contributed by atoms with Gasteiger partial charge in [-0.15, -0.1) is 0 Å². The van der Waals surface area contributed by atoms with Crippen molar-refractivity contribution in [2.24, 2.45) is 0 Å². The minimum atomic E-state index is -2.30. The topological polar surface area (TPSA) is 31.4 Å². The molecule has 0 spiro atoms. The van der Waals surface area contributed by atoms with Gasteiger partial charge in [-0.25, -0.2) is 4.98 Å². The van der Waals surface area contributed by atoms with Crippen LogP contribution in [-0.2, 0) is 23.7 Å². The Morgan fingerprint density at radius 2 is 0.815 bits per heavy atom. The van der Waals surface area contributed by atoms with Crippen molar-refractivity contribution in [2.45, 2.75) is 39.1 Å². The van der Waals surface area contributed by atoms with Crippen LogP contribution in [0.4, 0.5) is 0 Å². The Kier molecular flexibility index (Phi) is 12.7. The maximum absolute atomic E-state index is 6.51. The van der Waals surface area contributed by atoms with Crippen LogP contribution in [0.25, 0.3) is 0 Å². The normalized spacial score (nSPS) is 13.8. The maximum Gasteiger partial charge on any atom is 0.197 e. The standard InChI is InChI=1S/C47H43NO2P2.2ClH/c1-36-47-44(33-49-37(2)50-47)45(34-51(38-21-9-3-10-22-38,39-23-11-4-12-24-39)40-25-13-5-14-26-40)46(48-36)35-52(41-27-15-6-16-28-41,42-29-17-7-18-30-42)43-31-19-8-20-32-43;;/h3-32,37H,33-35H2,1-2H3;2*1H/q+2;;/p-2. The minimum Gasteiger partial charge on any atom is -1.00 e. The van der Waals surface area contributed by atoms with Crippen molar-refractivity contribution in [2.75, 3.05) is 0 Å². The first-order valence-corrected chi connectivity index (χ1v) is 21.9. The average molecular weight is 787 g/mol. The fraction of sp³-hybridized carbons (Fsp3) is 0.128. The van der Waals surface area contributed by atoms with Crippen molar-refractivity contribution in [1.82, 2.24) is 4.98 Å². The highest BCUT2D eigenvalue weighted by Gasteiger charge is 2.50. The highest BCUT2D eigenvalue weighted by molar-refractivity contribution is 7.95. The second-order valence-corrected chi connectivity index (χ2v) is 20.3. The van der Waals surface area contributed by atoms with Crippen LogP contribution in [0.3, 0.4) is 0 Å². The third kappa shape index (κ3) is 7.37. The maximum atomic E-state index is 6.51. The summed E-state index contributed by atoms with van der Waals surface area (Å²) in [6.45, 7) is 4.56. The number of fused-ring (bicyclic) bond motifs is 1. The lowest BCUT2D eigenvalue weighted by Gasteiger charge is -2.33. The molecule has 1 unspecified atom stereocenters. The molecule has 0 aliphatic carbocycles. The van der Waals surface area contributed by atoms with Crippen molar-refractivity contribution in [3.63, 3.8) is 0 Å². The van der Waals surface area contributed by atoms with Gasteiger partial charge in [0.2, 0.25) is 0 Å². The average Bonchev–Trinajstić information content (AvgIpc) is 3.22. The van der Waals surface area contributed by atoms with Crippen molar-refractivity contribution < 1.29 is 34.3 Å². The summed E-state index contributed by atoms with van der Waals surface area (Å²) in [7, 11) is -4.58. The SMILES string of the molecule is Cc1nc(C[P+](c2ccccc2)(c2ccccc2)c2ccccc2)c(C[P+](c2ccccc2)(c2ccccc2)c2ccccc2)c2c1OC(C)OC2.[Cl-].[Cl-]. The van der Waals surface area contributed by atoms with E-state index in [-0.39, 0.29) is 31.1 Å². The summed E-state index contributed by atoms with van der Waals surface area (Å²) in [6, 6.07) is 66.8. The zero-order chi connectivity index (χ0) is 35.4. The molecule has 0 radical (unpaired) electrons. The molecule has 1 atom stereocenters. The van der Waals surface area contributed by atoms with E-state index in [4.69, 9.17) is 14.5 Å². The summed E-state index contributed by atoms with van der Waals surface area (Å²) in [5.41, 5.74) is 4.40. The van der Waals surface area contributed by atoms with Crippen LogP contribution < -0.4 is 61.4 Å². The molecule has 1 aliphatic rings. The van der Waals surface area contributed by atoms with E-state index in [1.54, 1.807) is 0 Å². The Morgan fingerprint density at radius 3 is 1.15 bits per heavy atom. The van der Waals surface area contributed by atoms with Gasteiger partial charge in [-0.3, -0.25) is 0 Å². The van der Waals surface area contributed by atoms with E-state index < -0.39 is 14.5 Å². The second-order valence-electron chi connectivity index (χ2n) is 13.4. The first-order chi connectivity index (χ1) is 25.6. The summed E-state index contributed by atoms with van der Waals surface area (Å²) in [5.74, 6) is 0.868. The number of benzene rings is 6. The third-order valence-corrected chi connectivity index (χ3v) is 19.0. The van der Waals surface area contributed by atoms with Gasteiger partial charge < -0.3 is 34.3 Å². The number of hydrogen-bond donors (Lipinski definition) is 0. The van der Waals surface area contributed by atoms with Crippen molar-refractivity contribution >= 4 is 46.4 Å². The van der Waals surface area contributed by atoms with Crippen LogP contribution in [0.15, 0.2) is 182 Å². The molecule has 272 valence electrons. The number of nitrogens with zero attached hydrogens (tertiary/aromatic N) is 1. The number of aryl methyl sites for hydroxylation is 1. The largest absolute Gasteiger partial charge is 1.00 e. The molecule has 0 fully saturated rings. The molecule has 1 aliphatic heterocycles. The predicted molar refractivity (Wildman–Crippen MR) is 222 cm³/mol. The fourth-order valence-corrected chi connectivity index (χ4v) is 16.4. The Labute approximate surface area is 333 Å². The third-order valence-electron chi connectivity index (χ3n) is 10.3. The zero-order valence-corrected chi connectivity index (χ0v) is 33.7. The molecule has 0 N–H and O–H groups in total. The van der Waals surface area contributed by atoms with Crippen molar-refractivity contribution in [3.05, 3.63) is 205 Å². The van der Waals surface area contributed by atoms with Gasteiger partial charge in [0.15, 0.2) is 6.29 Å². The van der Waals surface area contributed by atoms with Gasteiger partial charge in [0.05, 0.1) is 18.0 Å². The van der Waals surface area contributed by atoms with Gasteiger partial charge in [0.25, 0.3) is 0 Å². The number of hydrogen-bond acceptors (Lipinski definition) is 3. The molecule has 54 heavy (non-hydrogen) atoms. The van der Waals surface area contributed by atoms with E-state index in [9.17, 15) is 0 Å². The monoisotopic (exact) mass is 785 g/mol. The predicted octanol–water partition coefficient (Wildman–Crippen LogP) is 2.64. The van der Waals surface area contributed by atoms with Gasteiger partial charge in [0, 0.05) is 11.1 Å². The van der Waals surface area contributed by atoms with Crippen LogP contribution in [0.2, 0.25) is 0 Å². The molecule has 7 aromatic rings. The van der Waals surface area contributed by atoms with Crippen LogP contribution in [0.1, 0.15) is 29.4 Å². The Morgan fingerprint density at radius 1 is 0.500 bits per heavy atom. The molecule has 0 bridgehead atoms. The van der Waals surface area contributed by atoms with Crippen LogP contribution in [0, 0.1) is 6.92 Å². The van der Waals surface area contributed by atoms with Crippen molar-refractivity contribution in [1.29, 1.82) is 0 Å². The first-order valence-electron chi connectivity index (χ1n) is 18.0. The van der Waals surface area contributed by atoms with E-state index in [0.717, 1.165) is 35.0 Å². The lowest BCUT2D eigenvalue weighted by Crippen LogP contribution is -3.00. The summed E-state index contributed by atoms with van der Waals surface area (Å²) >= 11 is 0. The lowest BCUT2D eigenvalue weighted by atomic mass is 10.1. The molecule has 7 heteroatoms. The van der Waals surface area contributed by atoms with Gasteiger partial charge >= 0.3 is 0 Å². The quantitative estimate of drug-likeness (QED) is 0.200. The highest BCUT2D eigenvalue weighted by atomic mass is 35.5. The summed E-state index contributed by atoms with van der Waals surface area (Å²) in [5, 5.41) is 8.04. The molecule has 3 nitrogen and oxygen atoms in total. The smallest absolute Gasteiger partial charge is 0.197 e. The zero-order valence-electron chi connectivity index (χ0n) is 30.4. The van der Waals surface area contributed by atoms with Crippen LogP contribution >= 0.6 is 14.5 Å². The molecule has 6 aromatic carbocycles. The van der Waals surface area contributed by atoms with E-state index in [2.05, 4.69) is 189 Å². The molecule has 0 saturated heterocycles. The minimum absolute atomic E-state index is 0. The Hall–Kier alpha value is -4.33. The van der Waals surface area contributed by atoms with Crippen LogP contribution in [0.5, 0.6) is 5.75 Å². The molecule has 0 amide bonds. The molecular formula is C47H43Cl2NO2P2. The van der Waals surface area contributed by atoms with Gasteiger partial charge in [-0.2, -0.15) is 0 Å². The van der Waals surface area contributed by atoms with Gasteiger partial charge in [0.1, 0.15) is 64.4 Å². The van der Waals surface area contributed by atoms with E-state index in [0.29, 0.717) is 6.61 Å². The molecule has 1 aromatic heterocycles. The van der Waals surface area contributed by atoms with Crippen molar-refractivity contribution in [3.8, 4) is 5.75 Å². The molecule has 2 heterocycles. The first kappa shape index (κ1) is 39.4. The van der Waals surface area contributed by atoms with E-state index in [1.807, 2.05) is 6.92 Å². The van der Waals surface area contributed by atoms with Crippen LogP contribution in [-0.4, -0.2) is 11.3 Å². The molecule has 0 saturated carbocycles. The Bertz CT molecular complexity index is 2050. The highest BCUT2D eigenvalue weighted by Crippen LogP contribution is 2.62. The Balaban J connectivity index is 0.00000249. The van der Waals surface area contributed by atoms with E-state index >= 15 is 0 Å². The second kappa shape index (κ2) is 17.4. The molecule has 8 rings (SSSR count). The summed E-state index contributed by atoms with van der Waals surface area (Å²) in [4.78, 5) is 5.61.